The van der Waals surface area contributed by atoms with Crippen molar-refractivity contribution in [2.45, 2.75) is 13.8 Å². The molecule has 124 valence electrons. The Morgan fingerprint density at radius 1 is 1.24 bits per heavy atom. The lowest BCUT2D eigenvalue weighted by Gasteiger charge is -2.14. The molecule has 0 unspecified atom stereocenters. The van der Waals surface area contributed by atoms with Crippen LogP contribution in [0.5, 0.6) is 0 Å². The van der Waals surface area contributed by atoms with E-state index in [-0.39, 0.29) is 17.2 Å². The first-order chi connectivity index (χ1) is 12.0. The van der Waals surface area contributed by atoms with Crippen molar-refractivity contribution in [1.82, 2.24) is 4.98 Å². The van der Waals surface area contributed by atoms with Crippen molar-refractivity contribution in [2.75, 3.05) is 10.6 Å². The van der Waals surface area contributed by atoms with Gasteiger partial charge in [0.05, 0.1) is 22.5 Å². The molecule has 0 fully saturated rings. The second-order valence-corrected chi connectivity index (χ2v) is 5.63. The van der Waals surface area contributed by atoms with Crippen molar-refractivity contribution in [1.29, 1.82) is 5.26 Å². The fourth-order valence-corrected chi connectivity index (χ4v) is 2.58. The molecule has 2 N–H and O–H groups in total. The highest BCUT2D eigenvalue weighted by Crippen LogP contribution is 2.33. The summed E-state index contributed by atoms with van der Waals surface area (Å²) >= 11 is 0. The van der Waals surface area contributed by atoms with Gasteiger partial charge < -0.3 is 10.6 Å². The van der Waals surface area contributed by atoms with Gasteiger partial charge in [0.25, 0.3) is 0 Å². The Balaban J connectivity index is 2.22. The van der Waals surface area contributed by atoms with E-state index in [4.69, 9.17) is 0 Å². The van der Waals surface area contributed by atoms with Gasteiger partial charge in [-0.05, 0) is 36.8 Å². The molecule has 0 saturated carbocycles. The van der Waals surface area contributed by atoms with Gasteiger partial charge in [-0.25, -0.2) is 4.39 Å². The number of rotatable bonds is 3. The van der Waals surface area contributed by atoms with Crippen LogP contribution in [0.3, 0.4) is 0 Å². The molecule has 0 saturated heterocycles. The third-order valence-electron chi connectivity index (χ3n) is 3.78. The summed E-state index contributed by atoms with van der Waals surface area (Å²) in [6.07, 6.45) is 1.45. The summed E-state index contributed by atoms with van der Waals surface area (Å²) in [5.41, 5.74) is 3.10. The van der Waals surface area contributed by atoms with Crippen molar-refractivity contribution in [3.05, 3.63) is 59.5 Å². The van der Waals surface area contributed by atoms with Gasteiger partial charge in [-0.15, -0.1) is 0 Å². The van der Waals surface area contributed by atoms with Crippen LogP contribution < -0.4 is 10.6 Å². The van der Waals surface area contributed by atoms with E-state index in [1.807, 2.05) is 13.0 Å². The maximum Gasteiger partial charge on any atom is 0.221 e. The minimum absolute atomic E-state index is 0.199. The second-order valence-electron chi connectivity index (χ2n) is 5.63. The molecule has 6 heteroatoms. The summed E-state index contributed by atoms with van der Waals surface area (Å²) in [4.78, 5) is 15.7. The number of carbonyl (C=O) groups excluding carboxylic acids is 1. The van der Waals surface area contributed by atoms with Gasteiger partial charge in [0, 0.05) is 24.2 Å². The van der Waals surface area contributed by atoms with E-state index in [0.29, 0.717) is 22.3 Å². The van der Waals surface area contributed by atoms with E-state index < -0.39 is 5.82 Å². The number of aryl methyl sites for hydroxylation is 1. The van der Waals surface area contributed by atoms with Crippen LogP contribution in [-0.4, -0.2) is 10.9 Å². The normalized spacial score (nSPS) is 10.3. The number of nitrogens with one attached hydrogen (secondary N) is 2. The van der Waals surface area contributed by atoms with Gasteiger partial charge in [-0.3, -0.25) is 9.78 Å². The zero-order valence-corrected chi connectivity index (χ0v) is 13.7. The first kappa shape index (κ1) is 16.4. The molecular formula is C19H15FN4O. The highest BCUT2D eigenvalue weighted by molar-refractivity contribution is 6.00. The van der Waals surface area contributed by atoms with Crippen molar-refractivity contribution in [3.8, 4) is 6.07 Å². The molecule has 3 rings (SSSR count). The zero-order valence-electron chi connectivity index (χ0n) is 13.7. The Morgan fingerprint density at radius 2 is 2.00 bits per heavy atom. The number of anilines is 3. The topological polar surface area (TPSA) is 77.8 Å². The molecule has 1 amide bonds. The summed E-state index contributed by atoms with van der Waals surface area (Å²) in [6.45, 7) is 3.28. The minimum atomic E-state index is -0.425. The molecule has 0 spiro atoms. The molecule has 0 radical (unpaired) electrons. The van der Waals surface area contributed by atoms with Gasteiger partial charge in [0.1, 0.15) is 11.9 Å². The molecule has 0 aliphatic rings. The number of carbonyl (C=O) groups is 1. The number of aromatic nitrogens is 1. The minimum Gasteiger partial charge on any atom is -0.351 e. The van der Waals surface area contributed by atoms with E-state index in [1.165, 1.54) is 19.2 Å². The van der Waals surface area contributed by atoms with Crippen LogP contribution in [0.15, 0.2) is 42.6 Å². The van der Waals surface area contributed by atoms with Gasteiger partial charge in [0.2, 0.25) is 5.91 Å². The molecule has 0 atom stereocenters. The summed E-state index contributed by atoms with van der Waals surface area (Å²) in [6, 6.07) is 11.8. The number of pyridine rings is 1. The third kappa shape index (κ3) is 3.26. The van der Waals surface area contributed by atoms with Crippen molar-refractivity contribution in [2.24, 2.45) is 0 Å². The summed E-state index contributed by atoms with van der Waals surface area (Å²) in [5, 5.41) is 15.8. The lowest BCUT2D eigenvalue weighted by molar-refractivity contribution is -0.114. The van der Waals surface area contributed by atoms with Gasteiger partial charge in [-0.1, -0.05) is 12.1 Å². The van der Waals surface area contributed by atoms with E-state index in [0.717, 1.165) is 5.56 Å². The molecule has 25 heavy (non-hydrogen) atoms. The van der Waals surface area contributed by atoms with Crippen LogP contribution in [0.1, 0.15) is 18.1 Å². The molecule has 1 aromatic heterocycles. The van der Waals surface area contributed by atoms with Gasteiger partial charge in [0.15, 0.2) is 0 Å². The Hall–Kier alpha value is -3.46. The standard InChI is InChI=1S/C19H15FN4O/c1-11-7-18-14(8-17(11)23-12(2)25)19(13(9-21)10-22-18)24-16-6-4-3-5-15(16)20/h3-8,10H,1-2H3,(H,22,24)(H,23,25). The maximum atomic E-state index is 14.0. The fourth-order valence-electron chi connectivity index (χ4n) is 2.58. The summed E-state index contributed by atoms with van der Waals surface area (Å²) in [5.74, 6) is -0.624. The van der Waals surface area contributed by atoms with Gasteiger partial charge >= 0.3 is 0 Å². The molecular weight excluding hydrogens is 319 g/mol. The first-order valence-corrected chi connectivity index (χ1v) is 7.62. The molecule has 1 heterocycles. The van der Waals surface area contributed by atoms with E-state index >= 15 is 0 Å². The molecule has 2 aromatic carbocycles. The number of fused-ring (bicyclic) bond motifs is 1. The lowest BCUT2D eigenvalue weighted by Crippen LogP contribution is -2.07. The quantitative estimate of drug-likeness (QED) is 0.750. The second kappa shape index (κ2) is 6.57. The average molecular weight is 334 g/mol. The largest absolute Gasteiger partial charge is 0.351 e. The fraction of sp³-hybridized carbons (Fsp3) is 0.105. The summed E-state index contributed by atoms with van der Waals surface area (Å²) in [7, 11) is 0. The molecule has 0 bridgehead atoms. The van der Waals surface area contributed by atoms with Crippen LogP contribution in [0.2, 0.25) is 0 Å². The van der Waals surface area contributed by atoms with Crippen LogP contribution in [0, 0.1) is 24.1 Å². The number of hydrogen-bond acceptors (Lipinski definition) is 4. The van der Waals surface area contributed by atoms with E-state index in [1.54, 1.807) is 24.3 Å². The number of benzene rings is 2. The Morgan fingerprint density at radius 3 is 2.68 bits per heavy atom. The van der Waals surface area contributed by atoms with Crippen LogP contribution >= 0.6 is 0 Å². The smallest absolute Gasteiger partial charge is 0.221 e. The van der Waals surface area contributed by atoms with Crippen LogP contribution in [0.4, 0.5) is 21.5 Å². The van der Waals surface area contributed by atoms with Gasteiger partial charge in [-0.2, -0.15) is 5.26 Å². The maximum absolute atomic E-state index is 14.0. The molecule has 3 aromatic rings. The molecule has 5 nitrogen and oxygen atoms in total. The number of para-hydroxylation sites is 1. The van der Waals surface area contributed by atoms with E-state index in [2.05, 4.69) is 21.7 Å². The zero-order chi connectivity index (χ0) is 18.0. The van der Waals surface area contributed by atoms with Crippen molar-refractivity contribution >= 4 is 33.9 Å². The average Bonchev–Trinajstić information content (AvgIpc) is 2.57. The Bertz CT molecular complexity index is 1020. The summed E-state index contributed by atoms with van der Waals surface area (Å²) < 4.78 is 14.0. The van der Waals surface area contributed by atoms with Crippen LogP contribution in [-0.2, 0) is 4.79 Å². The third-order valence-corrected chi connectivity index (χ3v) is 3.78. The predicted octanol–water partition coefficient (Wildman–Crippen LogP) is 4.26. The SMILES string of the molecule is CC(=O)Nc1cc2c(Nc3ccccc3F)c(C#N)cnc2cc1C. The monoisotopic (exact) mass is 334 g/mol. The van der Waals surface area contributed by atoms with E-state index in [9.17, 15) is 14.4 Å². The number of nitriles is 1. The number of amides is 1. The molecule has 0 aliphatic carbocycles. The highest BCUT2D eigenvalue weighted by atomic mass is 19.1. The Labute approximate surface area is 144 Å². The first-order valence-electron chi connectivity index (χ1n) is 7.62. The van der Waals surface area contributed by atoms with Crippen molar-refractivity contribution in [3.63, 3.8) is 0 Å². The van der Waals surface area contributed by atoms with Crippen molar-refractivity contribution < 1.29 is 9.18 Å². The highest BCUT2D eigenvalue weighted by Gasteiger charge is 2.13. The number of hydrogen-bond donors (Lipinski definition) is 2. The Kier molecular flexibility index (Phi) is 4.31. The predicted molar refractivity (Wildman–Crippen MR) is 95.2 cm³/mol. The lowest BCUT2D eigenvalue weighted by atomic mass is 10.1. The molecule has 0 aliphatic heterocycles. The van der Waals surface area contributed by atoms with Crippen LogP contribution in [0.25, 0.3) is 10.9 Å². The number of nitrogens with zero attached hydrogens (tertiary/aromatic N) is 2. The number of halogens is 1.